The average Bonchev–Trinajstić information content (AvgIpc) is 2.33. The van der Waals surface area contributed by atoms with E-state index in [1.807, 2.05) is 0 Å². The highest BCUT2D eigenvalue weighted by Crippen LogP contribution is 1.80. The van der Waals surface area contributed by atoms with Crippen LogP contribution >= 0.6 is 0 Å². The molecule has 0 unspecified atom stereocenters. The minimum Gasteiger partial charge on any atom is -0.480 e. The number of rotatable bonds is 7. The van der Waals surface area contributed by atoms with E-state index in [2.05, 4.69) is 20.7 Å². The van der Waals surface area contributed by atoms with Crippen molar-refractivity contribution in [2.45, 2.75) is 6.42 Å². The average molecular weight is 261 g/mol. The highest BCUT2D eigenvalue weighted by Gasteiger charge is 2.07. The van der Waals surface area contributed by atoms with Crippen LogP contribution in [0.3, 0.4) is 0 Å². The maximum Gasteiger partial charge on any atom is 0.322 e. The Bertz CT molecular complexity index is 330. The number of methoxy groups -OCH3 is 1. The van der Waals surface area contributed by atoms with Crippen molar-refractivity contribution in [2.75, 3.05) is 26.7 Å². The van der Waals surface area contributed by atoms with Crippen LogP contribution in [0.1, 0.15) is 6.42 Å². The van der Waals surface area contributed by atoms with Crippen molar-refractivity contribution in [1.82, 2.24) is 16.0 Å². The first-order chi connectivity index (χ1) is 8.45. The van der Waals surface area contributed by atoms with Crippen LogP contribution in [0.5, 0.6) is 0 Å². The first-order valence-electron chi connectivity index (χ1n) is 5.02. The van der Waals surface area contributed by atoms with Gasteiger partial charge in [0.25, 0.3) is 0 Å². The summed E-state index contributed by atoms with van der Waals surface area (Å²) in [5, 5.41) is 14.9. The summed E-state index contributed by atoms with van der Waals surface area (Å²) < 4.78 is 4.35. The molecule has 0 aliphatic rings. The first kappa shape index (κ1) is 15.7. The summed E-state index contributed by atoms with van der Waals surface area (Å²) in [4.78, 5) is 42.9. The number of aliphatic carboxylic acids is 1. The summed E-state index contributed by atoms with van der Waals surface area (Å²) in [5.74, 6) is -2.26. The maximum absolute atomic E-state index is 11.1. The van der Waals surface area contributed by atoms with Crippen molar-refractivity contribution in [3.63, 3.8) is 0 Å². The van der Waals surface area contributed by atoms with Crippen LogP contribution in [0.4, 0.5) is 4.79 Å². The second kappa shape index (κ2) is 8.79. The summed E-state index contributed by atoms with van der Waals surface area (Å²) in [5.41, 5.74) is 0. The smallest absolute Gasteiger partial charge is 0.322 e. The highest BCUT2D eigenvalue weighted by atomic mass is 16.5. The normalized spacial score (nSPS) is 9.17. The molecule has 0 fully saturated rings. The van der Waals surface area contributed by atoms with Gasteiger partial charge in [0, 0.05) is 6.54 Å². The summed E-state index contributed by atoms with van der Waals surface area (Å²) in [7, 11) is 1.23. The van der Waals surface area contributed by atoms with E-state index >= 15 is 0 Å². The zero-order chi connectivity index (χ0) is 14.0. The van der Waals surface area contributed by atoms with Gasteiger partial charge in [0.2, 0.25) is 5.91 Å². The van der Waals surface area contributed by atoms with Gasteiger partial charge in [-0.05, 0) is 0 Å². The van der Waals surface area contributed by atoms with E-state index in [0.717, 1.165) is 0 Å². The molecule has 0 aromatic heterocycles. The van der Waals surface area contributed by atoms with Gasteiger partial charge in [0.1, 0.15) is 6.54 Å². The number of amides is 3. The fourth-order valence-electron chi connectivity index (χ4n) is 0.840. The van der Waals surface area contributed by atoms with Gasteiger partial charge in [-0.1, -0.05) is 0 Å². The number of hydrogen-bond donors (Lipinski definition) is 4. The number of carboxylic acid groups (broad SMARTS) is 1. The molecule has 0 aliphatic carbocycles. The molecule has 0 aromatic carbocycles. The Labute approximate surface area is 103 Å². The Kier molecular flexibility index (Phi) is 7.66. The monoisotopic (exact) mass is 261 g/mol. The van der Waals surface area contributed by atoms with Crippen molar-refractivity contribution in [1.29, 1.82) is 0 Å². The molecule has 9 heteroatoms. The number of hydrogen-bond acceptors (Lipinski definition) is 5. The topological polar surface area (TPSA) is 134 Å². The lowest BCUT2D eigenvalue weighted by atomic mass is 10.4. The van der Waals surface area contributed by atoms with E-state index < -0.39 is 30.4 Å². The fourth-order valence-corrected chi connectivity index (χ4v) is 0.840. The van der Waals surface area contributed by atoms with Crippen molar-refractivity contribution >= 4 is 23.9 Å². The standard InChI is InChI=1S/C9H15N3O6/c1-18-8(16)2-3-10-9(17)12-4-6(13)11-5-7(14)15/h2-5H2,1H3,(H,11,13)(H,14,15)(H2,10,12,17). The Hall–Kier alpha value is -2.32. The van der Waals surface area contributed by atoms with Crippen LogP contribution in [0.2, 0.25) is 0 Å². The first-order valence-corrected chi connectivity index (χ1v) is 5.02. The number of carbonyl (C=O) groups is 4. The molecule has 0 aromatic rings. The summed E-state index contributed by atoms with van der Waals surface area (Å²) in [6.07, 6.45) is 0.0229. The third kappa shape index (κ3) is 8.95. The van der Waals surface area contributed by atoms with E-state index in [9.17, 15) is 19.2 Å². The molecular formula is C9H15N3O6. The van der Waals surface area contributed by atoms with E-state index in [4.69, 9.17) is 5.11 Å². The second-order valence-electron chi connectivity index (χ2n) is 3.11. The Morgan fingerprint density at radius 3 is 2.28 bits per heavy atom. The molecule has 0 spiro atoms. The van der Waals surface area contributed by atoms with Gasteiger partial charge in [-0.2, -0.15) is 0 Å². The molecular weight excluding hydrogens is 246 g/mol. The largest absolute Gasteiger partial charge is 0.480 e. The van der Waals surface area contributed by atoms with E-state index in [1.54, 1.807) is 0 Å². The number of esters is 1. The van der Waals surface area contributed by atoms with Crippen LogP contribution in [0, 0.1) is 0 Å². The lowest BCUT2D eigenvalue weighted by Gasteiger charge is -2.06. The fraction of sp³-hybridized carbons (Fsp3) is 0.556. The Balaban J connectivity index is 3.61. The molecule has 0 bridgehead atoms. The van der Waals surface area contributed by atoms with Crippen LogP contribution in [-0.4, -0.2) is 55.7 Å². The van der Waals surface area contributed by atoms with Crippen molar-refractivity contribution in [3.8, 4) is 0 Å². The number of nitrogens with one attached hydrogen (secondary N) is 3. The number of carbonyl (C=O) groups excluding carboxylic acids is 3. The molecule has 0 saturated heterocycles. The summed E-state index contributed by atoms with van der Waals surface area (Å²) >= 11 is 0. The Morgan fingerprint density at radius 1 is 1.06 bits per heavy atom. The van der Waals surface area contributed by atoms with E-state index in [0.29, 0.717) is 0 Å². The second-order valence-corrected chi connectivity index (χ2v) is 3.11. The number of carboxylic acids is 1. The molecule has 9 nitrogen and oxygen atoms in total. The lowest BCUT2D eigenvalue weighted by Crippen LogP contribution is -2.43. The van der Waals surface area contributed by atoms with Crippen molar-refractivity contribution in [2.24, 2.45) is 0 Å². The molecule has 0 rings (SSSR count). The van der Waals surface area contributed by atoms with Gasteiger partial charge in [-0.25, -0.2) is 4.79 Å². The van der Waals surface area contributed by atoms with Crippen LogP contribution < -0.4 is 16.0 Å². The third-order valence-electron chi connectivity index (χ3n) is 1.69. The lowest BCUT2D eigenvalue weighted by molar-refractivity contribution is -0.140. The molecule has 0 radical (unpaired) electrons. The van der Waals surface area contributed by atoms with Crippen LogP contribution in [0.15, 0.2) is 0 Å². The van der Waals surface area contributed by atoms with Crippen molar-refractivity contribution < 1.29 is 29.0 Å². The molecule has 0 saturated carbocycles. The molecule has 0 aliphatic heterocycles. The molecule has 102 valence electrons. The van der Waals surface area contributed by atoms with Gasteiger partial charge in [-0.3, -0.25) is 14.4 Å². The summed E-state index contributed by atoms with van der Waals surface area (Å²) in [6, 6.07) is -0.635. The highest BCUT2D eigenvalue weighted by molar-refractivity contribution is 5.86. The van der Waals surface area contributed by atoms with Gasteiger partial charge in [0.15, 0.2) is 0 Å². The Morgan fingerprint density at radius 2 is 1.72 bits per heavy atom. The summed E-state index contributed by atoms with van der Waals surface area (Å²) in [6.45, 7) is -0.781. The van der Waals surface area contributed by atoms with E-state index in [1.165, 1.54) is 7.11 Å². The quantitative estimate of drug-likeness (QED) is 0.393. The van der Waals surface area contributed by atoms with Gasteiger partial charge in [0.05, 0.1) is 20.1 Å². The van der Waals surface area contributed by atoms with E-state index in [-0.39, 0.29) is 19.5 Å². The van der Waals surface area contributed by atoms with Crippen LogP contribution in [-0.2, 0) is 19.1 Å². The molecule has 0 heterocycles. The molecule has 18 heavy (non-hydrogen) atoms. The third-order valence-corrected chi connectivity index (χ3v) is 1.69. The van der Waals surface area contributed by atoms with Gasteiger partial charge < -0.3 is 25.8 Å². The zero-order valence-corrected chi connectivity index (χ0v) is 9.82. The molecule has 4 N–H and O–H groups in total. The van der Waals surface area contributed by atoms with Crippen molar-refractivity contribution in [3.05, 3.63) is 0 Å². The minimum absolute atomic E-state index is 0.0229. The molecule has 3 amide bonds. The predicted octanol–water partition coefficient (Wildman–Crippen LogP) is -1.95. The maximum atomic E-state index is 11.1. The number of ether oxygens (including phenoxy) is 1. The predicted molar refractivity (Wildman–Crippen MR) is 58.7 cm³/mol. The van der Waals surface area contributed by atoms with Gasteiger partial charge >= 0.3 is 18.0 Å². The van der Waals surface area contributed by atoms with Crippen LogP contribution in [0.25, 0.3) is 0 Å². The SMILES string of the molecule is COC(=O)CCNC(=O)NCC(=O)NCC(=O)O. The minimum atomic E-state index is -1.18. The molecule has 0 atom stereocenters. The number of urea groups is 1. The van der Waals surface area contributed by atoms with Gasteiger partial charge in [-0.15, -0.1) is 0 Å². The zero-order valence-electron chi connectivity index (χ0n) is 9.82.